The van der Waals surface area contributed by atoms with E-state index in [1.807, 2.05) is 6.92 Å². The second-order valence-electron chi connectivity index (χ2n) is 4.26. The quantitative estimate of drug-likeness (QED) is 0.663. The van der Waals surface area contributed by atoms with E-state index < -0.39 is 5.41 Å². The summed E-state index contributed by atoms with van der Waals surface area (Å²) in [5.41, 5.74) is 0.235. The zero-order chi connectivity index (χ0) is 12.7. The van der Waals surface area contributed by atoms with Crippen molar-refractivity contribution in [2.45, 2.75) is 20.0 Å². The molecule has 0 spiro atoms. The highest BCUT2D eigenvalue weighted by molar-refractivity contribution is 5.26. The van der Waals surface area contributed by atoms with E-state index in [1.165, 1.54) is 0 Å². The summed E-state index contributed by atoms with van der Waals surface area (Å²) in [7, 11) is 0. The van der Waals surface area contributed by atoms with E-state index in [0.717, 1.165) is 5.56 Å². The van der Waals surface area contributed by atoms with Crippen molar-refractivity contribution in [2.75, 3.05) is 19.8 Å². The van der Waals surface area contributed by atoms with Crippen molar-refractivity contribution in [3.05, 3.63) is 29.8 Å². The van der Waals surface area contributed by atoms with E-state index >= 15 is 0 Å². The Bertz CT molecular complexity index is 308. The van der Waals surface area contributed by atoms with Crippen LogP contribution in [0, 0.1) is 5.41 Å². The van der Waals surface area contributed by atoms with Crippen LogP contribution in [0.1, 0.15) is 18.9 Å². The molecule has 0 fully saturated rings. The molecule has 0 heterocycles. The molecule has 1 rings (SSSR count). The molecular weight excluding hydrogens is 220 g/mol. The van der Waals surface area contributed by atoms with Gasteiger partial charge in [0.2, 0.25) is 0 Å². The predicted molar refractivity (Wildman–Crippen MR) is 64.8 cm³/mol. The van der Waals surface area contributed by atoms with Crippen LogP contribution in [0.5, 0.6) is 5.75 Å². The van der Waals surface area contributed by atoms with Gasteiger partial charge in [-0.2, -0.15) is 0 Å². The molecule has 0 saturated heterocycles. The minimum absolute atomic E-state index is 0.00641. The highest BCUT2D eigenvalue weighted by Crippen LogP contribution is 2.22. The molecule has 0 amide bonds. The number of hydrogen-bond donors (Lipinski definition) is 3. The van der Waals surface area contributed by atoms with Crippen molar-refractivity contribution in [1.29, 1.82) is 0 Å². The van der Waals surface area contributed by atoms with Crippen LogP contribution in [0.2, 0.25) is 0 Å². The lowest BCUT2D eigenvalue weighted by atomic mass is 9.88. The van der Waals surface area contributed by atoms with Crippen molar-refractivity contribution in [1.82, 2.24) is 0 Å². The molecule has 0 aromatic heterocycles. The fourth-order valence-electron chi connectivity index (χ4n) is 1.39. The summed E-state index contributed by atoms with van der Waals surface area (Å²) in [6.45, 7) is 1.98. The summed E-state index contributed by atoms with van der Waals surface area (Å²) in [6.07, 6.45) is 0.648. The van der Waals surface area contributed by atoms with E-state index in [-0.39, 0.29) is 26.4 Å². The van der Waals surface area contributed by atoms with Crippen LogP contribution in [0.4, 0.5) is 0 Å². The molecule has 0 saturated carbocycles. The highest BCUT2D eigenvalue weighted by Gasteiger charge is 2.27. The fraction of sp³-hybridized carbons (Fsp3) is 0.538. The Hall–Kier alpha value is -1.10. The van der Waals surface area contributed by atoms with Crippen LogP contribution < -0.4 is 4.74 Å². The number of ether oxygens (including phenoxy) is 1. The number of aliphatic hydroxyl groups excluding tert-OH is 3. The molecule has 3 N–H and O–H groups in total. The Kier molecular flexibility index (Phi) is 5.41. The molecule has 4 nitrogen and oxygen atoms in total. The third kappa shape index (κ3) is 3.70. The van der Waals surface area contributed by atoms with Gasteiger partial charge < -0.3 is 20.1 Å². The summed E-state index contributed by atoms with van der Waals surface area (Å²) in [5.74, 6) is 0.668. The zero-order valence-corrected chi connectivity index (χ0v) is 10.1. The third-order valence-corrected chi connectivity index (χ3v) is 3.07. The third-order valence-electron chi connectivity index (χ3n) is 3.07. The van der Waals surface area contributed by atoms with Crippen LogP contribution in [-0.4, -0.2) is 35.1 Å². The minimum atomic E-state index is -0.588. The van der Waals surface area contributed by atoms with E-state index in [1.54, 1.807) is 24.3 Å². The second-order valence-corrected chi connectivity index (χ2v) is 4.26. The van der Waals surface area contributed by atoms with Gasteiger partial charge in [0.05, 0.1) is 31.8 Å². The average molecular weight is 240 g/mol. The summed E-state index contributed by atoms with van der Waals surface area (Å²) >= 11 is 0. The van der Waals surface area contributed by atoms with Gasteiger partial charge in [-0.05, 0) is 24.1 Å². The van der Waals surface area contributed by atoms with Crippen molar-refractivity contribution in [2.24, 2.45) is 5.41 Å². The summed E-state index contributed by atoms with van der Waals surface area (Å²) in [5, 5.41) is 27.4. The number of hydrogen-bond acceptors (Lipinski definition) is 4. The molecular formula is C13H20O4. The number of rotatable bonds is 7. The van der Waals surface area contributed by atoms with Crippen molar-refractivity contribution in [3.8, 4) is 5.75 Å². The molecule has 0 unspecified atom stereocenters. The van der Waals surface area contributed by atoms with Gasteiger partial charge in [0.15, 0.2) is 0 Å². The summed E-state index contributed by atoms with van der Waals surface area (Å²) < 4.78 is 5.54. The molecule has 0 aliphatic rings. The SMILES string of the molecule is CCC(CO)(CO)COc1ccc(CO)cc1. The Labute approximate surface area is 101 Å². The first-order chi connectivity index (χ1) is 8.19. The Morgan fingerprint density at radius 1 is 1.06 bits per heavy atom. The van der Waals surface area contributed by atoms with Crippen molar-refractivity contribution in [3.63, 3.8) is 0 Å². The standard InChI is InChI=1S/C13H20O4/c1-2-13(8-15,9-16)10-17-12-5-3-11(7-14)4-6-12/h3-6,14-16H,2,7-10H2,1H3. The second kappa shape index (κ2) is 6.59. The van der Waals surface area contributed by atoms with E-state index in [2.05, 4.69) is 0 Å². The maximum Gasteiger partial charge on any atom is 0.119 e. The average Bonchev–Trinajstić information content (AvgIpc) is 2.41. The largest absolute Gasteiger partial charge is 0.493 e. The van der Waals surface area contributed by atoms with Gasteiger partial charge >= 0.3 is 0 Å². The zero-order valence-electron chi connectivity index (χ0n) is 10.1. The Balaban J connectivity index is 2.59. The van der Waals surface area contributed by atoms with Crippen LogP contribution in [0.15, 0.2) is 24.3 Å². The first kappa shape index (κ1) is 14.0. The van der Waals surface area contributed by atoms with E-state index in [4.69, 9.17) is 9.84 Å². The van der Waals surface area contributed by atoms with Crippen molar-refractivity contribution >= 4 is 0 Å². The van der Waals surface area contributed by atoms with Gasteiger partial charge in [-0.15, -0.1) is 0 Å². The van der Waals surface area contributed by atoms with Gasteiger partial charge in [-0.1, -0.05) is 19.1 Å². The first-order valence-corrected chi connectivity index (χ1v) is 5.74. The Morgan fingerprint density at radius 2 is 1.65 bits per heavy atom. The lowest BCUT2D eigenvalue weighted by molar-refractivity contribution is 0.0114. The molecule has 0 bridgehead atoms. The van der Waals surface area contributed by atoms with E-state index in [0.29, 0.717) is 12.2 Å². The maximum absolute atomic E-state index is 9.26. The summed E-state index contributed by atoms with van der Waals surface area (Å²) in [4.78, 5) is 0. The summed E-state index contributed by atoms with van der Waals surface area (Å²) in [6, 6.07) is 7.09. The number of aliphatic hydroxyl groups is 3. The van der Waals surface area contributed by atoms with Crippen LogP contribution >= 0.6 is 0 Å². The fourth-order valence-corrected chi connectivity index (χ4v) is 1.39. The molecule has 17 heavy (non-hydrogen) atoms. The topological polar surface area (TPSA) is 69.9 Å². The highest BCUT2D eigenvalue weighted by atomic mass is 16.5. The van der Waals surface area contributed by atoms with Crippen LogP contribution in [-0.2, 0) is 6.61 Å². The van der Waals surface area contributed by atoms with Crippen LogP contribution in [0.25, 0.3) is 0 Å². The molecule has 0 radical (unpaired) electrons. The van der Waals surface area contributed by atoms with Crippen LogP contribution in [0.3, 0.4) is 0 Å². The number of benzene rings is 1. The van der Waals surface area contributed by atoms with Crippen molar-refractivity contribution < 1.29 is 20.1 Å². The lowest BCUT2D eigenvalue weighted by Gasteiger charge is -2.28. The molecule has 1 aromatic rings. The maximum atomic E-state index is 9.26. The van der Waals surface area contributed by atoms with Gasteiger partial charge in [0.1, 0.15) is 5.75 Å². The van der Waals surface area contributed by atoms with E-state index in [9.17, 15) is 10.2 Å². The van der Waals surface area contributed by atoms with Gasteiger partial charge in [-0.3, -0.25) is 0 Å². The minimum Gasteiger partial charge on any atom is -0.493 e. The van der Waals surface area contributed by atoms with Gasteiger partial charge in [0, 0.05) is 0 Å². The molecule has 4 heteroatoms. The predicted octanol–water partition coefficient (Wildman–Crippen LogP) is 0.939. The molecule has 1 aromatic carbocycles. The molecule has 96 valence electrons. The molecule has 0 atom stereocenters. The van der Waals surface area contributed by atoms with Gasteiger partial charge in [-0.25, -0.2) is 0 Å². The normalized spacial score (nSPS) is 11.5. The Morgan fingerprint density at radius 3 is 2.06 bits per heavy atom. The lowest BCUT2D eigenvalue weighted by Crippen LogP contribution is -2.35. The monoisotopic (exact) mass is 240 g/mol. The molecule has 0 aliphatic heterocycles. The smallest absolute Gasteiger partial charge is 0.119 e. The first-order valence-electron chi connectivity index (χ1n) is 5.74. The molecule has 0 aliphatic carbocycles. The van der Waals surface area contributed by atoms with Gasteiger partial charge in [0.25, 0.3) is 0 Å².